The zero-order valence-electron chi connectivity index (χ0n) is 17.9. The number of hydrogen-bond acceptors (Lipinski definition) is 2. The molecule has 28 heavy (non-hydrogen) atoms. The molecular weight excluding hydrogens is 463 g/mol. The monoisotopic (exact) mass is 500 g/mol. The van der Waals surface area contributed by atoms with Crippen molar-refractivity contribution in [3.8, 4) is 0 Å². The highest BCUT2D eigenvalue weighted by Gasteiger charge is 2.21. The molecule has 0 aromatic heterocycles. The minimum absolute atomic E-state index is 0. The Kier molecular flexibility index (Phi) is 10.9. The van der Waals surface area contributed by atoms with Gasteiger partial charge >= 0.3 is 0 Å². The molecule has 0 saturated carbocycles. The second kappa shape index (κ2) is 12.3. The number of benzene rings is 1. The van der Waals surface area contributed by atoms with Gasteiger partial charge < -0.3 is 15.5 Å². The van der Waals surface area contributed by atoms with Crippen LogP contribution in [0.4, 0.5) is 0 Å². The van der Waals surface area contributed by atoms with Crippen molar-refractivity contribution in [2.45, 2.75) is 58.8 Å². The van der Waals surface area contributed by atoms with Crippen molar-refractivity contribution in [3.63, 3.8) is 0 Å². The van der Waals surface area contributed by atoms with E-state index in [1.165, 1.54) is 11.1 Å². The SMILES string of the molecule is CCNC(=NCC(C)(C)c1ccc(CC)cc1)NCCCN1CCCC1=O.I. The predicted molar refractivity (Wildman–Crippen MR) is 129 cm³/mol. The van der Waals surface area contributed by atoms with Gasteiger partial charge in [0, 0.05) is 38.0 Å². The molecule has 0 spiro atoms. The van der Waals surface area contributed by atoms with E-state index in [1.54, 1.807) is 0 Å². The number of halogens is 1. The Morgan fingerprint density at radius 1 is 1.18 bits per heavy atom. The standard InChI is InChI=1S/C22H36N4O.HI/c1-5-18-10-12-19(13-11-18)22(3,4)17-25-21(23-6-2)24-14-8-16-26-15-7-9-20(26)27;/h10-13H,5-9,14-17H2,1-4H3,(H2,23,24,25);1H. The van der Waals surface area contributed by atoms with Gasteiger partial charge in [-0.3, -0.25) is 9.79 Å². The van der Waals surface area contributed by atoms with Crippen LogP contribution >= 0.6 is 24.0 Å². The molecule has 1 aromatic carbocycles. The maximum atomic E-state index is 11.7. The van der Waals surface area contributed by atoms with Gasteiger partial charge in [0.1, 0.15) is 0 Å². The third kappa shape index (κ3) is 7.60. The lowest BCUT2D eigenvalue weighted by Crippen LogP contribution is -2.40. The van der Waals surface area contributed by atoms with Crippen molar-refractivity contribution >= 4 is 35.8 Å². The summed E-state index contributed by atoms with van der Waals surface area (Å²) in [6, 6.07) is 8.87. The van der Waals surface area contributed by atoms with Crippen LogP contribution in [0.1, 0.15) is 58.1 Å². The fourth-order valence-electron chi connectivity index (χ4n) is 3.32. The molecule has 158 valence electrons. The van der Waals surface area contributed by atoms with Gasteiger partial charge in [0.05, 0.1) is 6.54 Å². The molecule has 1 aliphatic heterocycles. The van der Waals surface area contributed by atoms with Crippen molar-refractivity contribution in [3.05, 3.63) is 35.4 Å². The molecule has 2 rings (SSSR count). The Balaban J connectivity index is 0.00000392. The number of likely N-dealkylation sites (tertiary alicyclic amines) is 1. The van der Waals surface area contributed by atoms with Crippen LogP contribution in [0.15, 0.2) is 29.3 Å². The molecule has 1 heterocycles. The summed E-state index contributed by atoms with van der Waals surface area (Å²) >= 11 is 0. The summed E-state index contributed by atoms with van der Waals surface area (Å²) < 4.78 is 0. The van der Waals surface area contributed by atoms with E-state index < -0.39 is 0 Å². The number of aryl methyl sites for hydroxylation is 1. The van der Waals surface area contributed by atoms with Crippen LogP contribution in [0.2, 0.25) is 0 Å². The van der Waals surface area contributed by atoms with Crippen molar-refractivity contribution in [1.82, 2.24) is 15.5 Å². The number of amides is 1. The Bertz CT molecular complexity index is 628. The summed E-state index contributed by atoms with van der Waals surface area (Å²) in [6.45, 7) is 12.9. The van der Waals surface area contributed by atoms with E-state index in [1.807, 2.05) is 4.90 Å². The van der Waals surface area contributed by atoms with E-state index in [0.29, 0.717) is 12.3 Å². The summed E-state index contributed by atoms with van der Waals surface area (Å²) in [7, 11) is 0. The van der Waals surface area contributed by atoms with Crippen LogP contribution in [-0.4, -0.2) is 49.5 Å². The lowest BCUT2D eigenvalue weighted by atomic mass is 9.84. The number of nitrogens with one attached hydrogen (secondary N) is 2. The second-order valence-electron chi connectivity index (χ2n) is 7.89. The third-order valence-electron chi connectivity index (χ3n) is 5.19. The average Bonchev–Trinajstić information content (AvgIpc) is 3.08. The van der Waals surface area contributed by atoms with Gasteiger partial charge in [-0.2, -0.15) is 0 Å². The van der Waals surface area contributed by atoms with E-state index >= 15 is 0 Å². The van der Waals surface area contributed by atoms with Crippen LogP contribution < -0.4 is 10.6 Å². The molecule has 0 unspecified atom stereocenters. The number of rotatable bonds is 9. The first-order valence-corrected chi connectivity index (χ1v) is 10.4. The molecule has 2 N–H and O–H groups in total. The normalized spacial score (nSPS) is 14.8. The van der Waals surface area contributed by atoms with Gasteiger partial charge in [0.25, 0.3) is 0 Å². The van der Waals surface area contributed by atoms with E-state index in [-0.39, 0.29) is 29.4 Å². The number of guanidine groups is 1. The predicted octanol–water partition coefficient (Wildman–Crippen LogP) is 3.71. The number of carbonyl (C=O) groups excluding carboxylic acids is 1. The Labute approximate surface area is 187 Å². The van der Waals surface area contributed by atoms with E-state index in [9.17, 15) is 4.79 Å². The van der Waals surface area contributed by atoms with E-state index in [4.69, 9.17) is 4.99 Å². The van der Waals surface area contributed by atoms with Crippen molar-refractivity contribution in [2.24, 2.45) is 4.99 Å². The Hall–Kier alpha value is -1.31. The molecule has 0 atom stereocenters. The topological polar surface area (TPSA) is 56.7 Å². The second-order valence-corrected chi connectivity index (χ2v) is 7.89. The average molecular weight is 500 g/mol. The number of aliphatic imine (C=N–C) groups is 1. The van der Waals surface area contributed by atoms with Gasteiger partial charge in [0.15, 0.2) is 5.96 Å². The Morgan fingerprint density at radius 3 is 2.46 bits per heavy atom. The van der Waals surface area contributed by atoms with Gasteiger partial charge in [-0.05, 0) is 37.3 Å². The van der Waals surface area contributed by atoms with Crippen LogP contribution in [0.25, 0.3) is 0 Å². The van der Waals surface area contributed by atoms with Crippen LogP contribution in [-0.2, 0) is 16.6 Å². The molecule has 1 saturated heterocycles. The maximum Gasteiger partial charge on any atom is 0.222 e. The first-order chi connectivity index (χ1) is 13.0. The number of hydrogen-bond donors (Lipinski definition) is 2. The molecule has 6 heteroatoms. The number of nitrogens with zero attached hydrogens (tertiary/aromatic N) is 2. The van der Waals surface area contributed by atoms with Crippen molar-refractivity contribution in [2.75, 3.05) is 32.7 Å². The minimum Gasteiger partial charge on any atom is -0.357 e. The Morgan fingerprint density at radius 2 is 1.89 bits per heavy atom. The maximum absolute atomic E-state index is 11.7. The van der Waals surface area contributed by atoms with Crippen LogP contribution in [0.5, 0.6) is 0 Å². The van der Waals surface area contributed by atoms with Crippen LogP contribution in [0.3, 0.4) is 0 Å². The fraction of sp³-hybridized carbons (Fsp3) is 0.636. The zero-order chi connectivity index (χ0) is 19.7. The van der Waals surface area contributed by atoms with Crippen molar-refractivity contribution in [1.29, 1.82) is 0 Å². The molecule has 0 radical (unpaired) electrons. The fourth-order valence-corrected chi connectivity index (χ4v) is 3.32. The molecule has 1 aromatic rings. The summed E-state index contributed by atoms with van der Waals surface area (Å²) in [5.41, 5.74) is 2.66. The summed E-state index contributed by atoms with van der Waals surface area (Å²) in [5.74, 6) is 1.15. The molecule has 1 aliphatic rings. The summed E-state index contributed by atoms with van der Waals surface area (Å²) in [6.07, 6.45) is 3.73. The van der Waals surface area contributed by atoms with Gasteiger partial charge in [-0.1, -0.05) is 45.0 Å². The zero-order valence-corrected chi connectivity index (χ0v) is 20.2. The first-order valence-electron chi connectivity index (χ1n) is 10.4. The number of carbonyl (C=O) groups is 1. The molecule has 1 fully saturated rings. The summed E-state index contributed by atoms with van der Waals surface area (Å²) in [5, 5.41) is 6.72. The first kappa shape index (κ1) is 24.7. The molecule has 0 aliphatic carbocycles. The van der Waals surface area contributed by atoms with Crippen molar-refractivity contribution < 1.29 is 4.79 Å². The quantitative estimate of drug-likeness (QED) is 0.235. The summed E-state index contributed by atoms with van der Waals surface area (Å²) in [4.78, 5) is 18.4. The minimum atomic E-state index is -0.0173. The van der Waals surface area contributed by atoms with Gasteiger partial charge in [0.2, 0.25) is 5.91 Å². The van der Waals surface area contributed by atoms with E-state index in [0.717, 1.165) is 57.9 Å². The lowest BCUT2D eigenvalue weighted by Gasteiger charge is -2.24. The van der Waals surface area contributed by atoms with E-state index in [2.05, 4.69) is 62.6 Å². The van der Waals surface area contributed by atoms with Gasteiger partial charge in [-0.25, -0.2) is 0 Å². The highest BCUT2D eigenvalue weighted by molar-refractivity contribution is 14.0. The molecular formula is C22H37IN4O. The van der Waals surface area contributed by atoms with Crippen LogP contribution in [0, 0.1) is 0 Å². The highest BCUT2D eigenvalue weighted by atomic mass is 127. The highest BCUT2D eigenvalue weighted by Crippen LogP contribution is 2.24. The third-order valence-corrected chi connectivity index (χ3v) is 5.19. The molecule has 0 bridgehead atoms. The largest absolute Gasteiger partial charge is 0.357 e. The van der Waals surface area contributed by atoms with Gasteiger partial charge in [-0.15, -0.1) is 24.0 Å². The lowest BCUT2D eigenvalue weighted by molar-refractivity contribution is -0.127. The molecule has 1 amide bonds. The molecule has 5 nitrogen and oxygen atoms in total. The smallest absolute Gasteiger partial charge is 0.222 e.